The van der Waals surface area contributed by atoms with Crippen molar-refractivity contribution in [2.45, 2.75) is 0 Å². The lowest BCUT2D eigenvalue weighted by Crippen LogP contribution is -2.02. The van der Waals surface area contributed by atoms with Gasteiger partial charge in [-0.15, -0.1) is 0 Å². The first-order valence-corrected chi connectivity index (χ1v) is 23.5. The third-order valence-corrected chi connectivity index (χ3v) is 14.7. The summed E-state index contributed by atoms with van der Waals surface area (Å²) in [4.78, 5) is 4.30. The molecule has 6 heteroatoms. The van der Waals surface area contributed by atoms with E-state index < -0.39 is 0 Å². The van der Waals surface area contributed by atoms with Crippen molar-refractivity contribution in [1.29, 1.82) is 5.26 Å². The monoisotopic (exact) mass is 888 g/mol. The summed E-state index contributed by atoms with van der Waals surface area (Å²) >= 11 is 0. The molecule has 0 saturated heterocycles. The Morgan fingerprint density at radius 1 is 0.329 bits per heavy atom. The predicted octanol–water partition coefficient (Wildman–Crippen LogP) is 16.8. The molecule has 0 unspecified atom stereocenters. The molecule has 15 rings (SSSR count). The summed E-state index contributed by atoms with van der Waals surface area (Å²) < 4.78 is 9.11. The molecule has 15 aromatic rings. The van der Waals surface area contributed by atoms with E-state index in [1.54, 1.807) is 0 Å². The molecule has 0 bridgehead atoms. The molecule has 0 aliphatic rings. The highest BCUT2D eigenvalue weighted by atomic mass is 15.0. The highest BCUT2D eigenvalue weighted by Gasteiger charge is 2.25. The maximum absolute atomic E-state index is 11.3. The fraction of sp³-hybridized carbons (Fsp3) is 0. The van der Waals surface area contributed by atoms with Crippen LogP contribution in [-0.4, -0.2) is 18.3 Å². The molecule has 4 aromatic heterocycles. The van der Waals surface area contributed by atoms with Crippen LogP contribution >= 0.6 is 0 Å². The summed E-state index contributed by atoms with van der Waals surface area (Å²) in [5.74, 6) is 0. The predicted molar refractivity (Wildman–Crippen MR) is 290 cm³/mol. The van der Waals surface area contributed by atoms with Gasteiger partial charge in [0.2, 0.25) is 5.69 Å². The summed E-state index contributed by atoms with van der Waals surface area (Å²) in [5.41, 5.74) is 12.6. The van der Waals surface area contributed by atoms with Crippen molar-refractivity contribution in [1.82, 2.24) is 18.3 Å². The van der Waals surface area contributed by atoms with Gasteiger partial charge in [0.05, 0.1) is 67.6 Å². The van der Waals surface area contributed by atoms with Crippen LogP contribution in [0.4, 0.5) is 5.69 Å². The van der Waals surface area contributed by atoms with Gasteiger partial charge in [0.15, 0.2) is 0 Å². The number of hydrogen-bond acceptors (Lipinski definition) is 1. The Balaban J connectivity index is 1.03. The highest BCUT2D eigenvalue weighted by molar-refractivity contribution is 6.27. The molecule has 0 aliphatic carbocycles. The number of fused-ring (bicyclic) bond motifs is 16. The van der Waals surface area contributed by atoms with Gasteiger partial charge in [0, 0.05) is 54.5 Å². The maximum Gasteiger partial charge on any atom is 0.212 e. The Hall–Kier alpha value is -9.88. The van der Waals surface area contributed by atoms with Crippen LogP contribution in [0.2, 0.25) is 0 Å². The van der Waals surface area contributed by atoms with E-state index in [4.69, 9.17) is 6.57 Å². The first kappa shape index (κ1) is 38.2. The number of hydrogen-bond donors (Lipinski definition) is 0. The SMILES string of the molecule is [C-]#[N+]c1cc(-n2c3ccccc3c3cc4c5c6ccccc6ccc5n(-c5ccccc5)c4cc32)c(C#N)cc1-n1c2ccccc2c2cc3c4c5ccccc5ccc4n(-c4ccccc4)c3cc21. The topological polar surface area (TPSA) is 47.9 Å². The lowest BCUT2D eigenvalue weighted by Gasteiger charge is -2.16. The summed E-state index contributed by atoms with van der Waals surface area (Å²) in [6.07, 6.45) is 0. The van der Waals surface area contributed by atoms with Crippen LogP contribution in [0.3, 0.4) is 0 Å². The third-order valence-electron chi connectivity index (χ3n) is 14.7. The smallest absolute Gasteiger partial charge is 0.212 e. The van der Waals surface area contributed by atoms with Gasteiger partial charge in [-0.05, 0) is 106 Å². The van der Waals surface area contributed by atoms with Crippen molar-refractivity contribution in [3.05, 3.63) is 235 Å². The van der Waals surface area contributed by atoms with Crippen LogP contribution in [-0.2, 0) is 0 Å². The minimum Gasteiger partial charge on any atom is -0.319 e. The molecule has 6 nitrogen and oxygen atoms in total. The van der Waals surface area contributed by atoms with Gasteiger partial charge in [0.25, 0.3) is 0 Å². The molecule has 0 saturated carbocycles. The first-order valence-electron chi connectivity index (χ1n) is 23.5. The summed E-state index contributed by atoms with van der Waals surface area (Å²) in [7, 11) is 0. The van der Waals surface area contributed by atoms with Crippen molar-refractivity contribution in [2.24, 2.45) is 0 Å². The average Bonchev–Trinajstić information content (AvgIpc) is 4.14. The van der Waals surface area contributed by atoms with E-state index in [0.717, 1.165) is 87.8 Å². The van der Waals surface area contributed by atoms with Crippen molar-refractivity contribution < 1.29 is 0 Å². The van der Waals surface area contributed by atoms with E-state index in [2.05, 4.69) is 235 Å². The van der Waals surface area contributed by atoms with Crippen molar-refractivity contribution >= 4 is 114 Å². The largest absolute Gasteiger partial charge is 0.319 e. The molecular weight excluding hydrogens is 853 g/mol. The second-order valence-electron chi connectivity index (χ2n) is 18.3. The zero-order valence-electron chi connectivity index (χ0n) is 37.5. The Bertz CT molecular complexity index is 4530. The molecule has 70 heavy (non-hydrogen) atoms. The molecule has 4 heterocycles. The van der Waals surface area contributed by atoms with Gasteiger partial charge < -0.3 is 18.3 Å². The lowest BCUT2D eigenvalue weighted by molar-refractivity contribution is 1.14. The summed E-state index contributed by atoms with van der Waals surface area (Å²) in [5, 5.41) is 25.2. The zero-order valence-corrected chi connectivity index (χ0v) is 37.5. The normalized spacial score (nSPS) is 12.0. The summed E-state index contributed by atoms with van der Waals surface area (Å²) in [6.45, 7) is 8.88. The molecular formula is C64H36N6. The molecule has 0 radical (unpaired) electrons. The zero-order chi connectivity index (χ0) is 46.2. The van der Waals surface area contributed by atoms with E-state index in [0.29, 0.717) is 22.6 Å². The molecule has 0 atom stereocenters. The standard InChI is InChI=1S/C64H36N6/c1-66-52-35-57(69-53-26-14-12-24-46(53)48-33-50-60(36-58(48)69)67(42-18-4-2-5-19-42)55-30-28-39-16-8-10-22-44(39)63(50)55)41(38-65)32-62(52)70-54-27-15-13-25-47(54)49-34-51-61(37-59(49)70)68(43-20-6-3-7-21-43)56-31-29-40-17-9-11-23-45(40)64(51)56/h2-37H. The van der Waals surface area contributed by atoms with Crippen LogP contribution < -0.4 is 0 Å². The van der Waals surface area contributed by atoms with Crippen molar-refractivity contribution in [3.8, 4) is 28.8 Å². The minimum atomic E-state index is 0.447. The molecule has 0 fully saturated rings. The number of nitrogens with zero attached hydrogens (tertiary/aromatic N) is 6. The van der Waals surface area contributed by atoms with Crippen LogP contribution in [0, 0.1) is 17.9 Å². The number of rotatable bonds is 4. The summed E-state index contributed by atoms with van der Waals surface area (Å²) in [6, 6.07) is 79.8. The van der Waals surface area contributed by atoms with Crippen molar-refractivity contribution in [3.63, 3.8) is 0 Å². The second kappa shape index (κ2) is 14.3. The van der Waals surface area contributed by atoms with Gasteiger partial charge in [-0.1, -0.05) is 133 Å². The number of benzene rings is 11. The number of nitriles is 1. The first-order chi connectivity index (χ1) is 34.7. The fourth-order valence-corrected chi connectivity index (χ4v) is 11.8. The molecule has 0 spiro atoms. The maximum atomic E-state index is 11.3. The van der Waals surface area contributed by atoms with Crippen molar-refractivity contribution in [2.75, 3.05) is 0 Å². The Kier molecular flexibility index (Phi) is 7.82. The third kappa shape index (κ3) is 5.14. The van der Waals surface area contributed by atoms with Crippen LogP contribution in [0.25, 0.3) is 136 Å². The fourth-order valence-electron chi connectivity index (χ4n) is 11.8. The van der Waals surface area contributed by atoms with Gasteiger partial charge in [-0.3, -0.25) is 0 Å². The van der Waals surface area contributed by atoms with E-state index >= 15 is 0 Å². The molecule has 0 amide bonds. The highest BCUT2D eigenvalue weighted by Crippen LogP contribution is 2.46. The number of para-hydroxylation sites is 4. The quantitative estimate of drug-likeness (QED) is 0.162. The van der Waals surface area contributed by atoms with E-state index in [1.807, 2.05) is 12.1 Å². The molecule has 0 aliphatic heterocycles. The molecule has 322 valence electrons. The molecule has 0 N–H and O–H groups in total. The van der Waals surface area contributed by atoms with Gasteiger partial charge in [-0.25, -0.2) is 4.85 Å². The Morgan fingerprint density at radius 3 is 1.24 bits per heavy atom. The van der Waals surface area contributed by atoms with E-state index in [9.17, 15) is 5.26 Å². The molecule has 11 aromatic carbocycles. The van der Waals surface area contributed by atoms with Crippen LogP contribution in [0.1, 0.15) is 5.56 Å². The second-order valence-corrected chi connectivity index (χ2v) is 18.3. The van der Waals surface area contributed by atoms with E-state index in [-0.39, 0.29) is 0 Å². The average molecular weight is 889 g/mol. The van der Waals surface area contributed by atoms with Crippen LogP contribution in [0.5, 0.6) is 0 Å². The number of aromatic nitrogens is 4. The van der Waals surface area contributed by atoms with Gasteiger partial charge in [-0.2, -0.15) is 5.26 Å². The van der Waals surface area contributed by atoms with Crippen LogP contribution in [0.15, 0.2) is 218 Å². The minimum absolute atomic E-state index is 0.447. The Morgan fingerprint density at radius 2 is 0.757 bits per heavy atom. The Labute approximate surface area is 400 Å². The van der Waals surface area contributed by atoms with Gasteiger partial charge >= 0.3 is 0 Å². The lowest BCUT2D eigenvalue weighted by atomic mass is 10.0. The van der Waals surface area contributed by atoms with Gasteiger partial charge in [0.1, 0.15) is 6.07 Å². The van der Waals surface area contributed by atoms with E-state index in [1.165, 1.54) is 32.3 Å².